The van der Waals surface area contributed by atoms with Gasteiger partial charge in [0.1, 0.15) is 12.1 Å². The van der Waals surface area contributed by atoms with E-state index in [0.29, 0.717) is 6.61 Å². The molecule has 0 fully saturated rings. The van der Waals surface area contributed by atoms with Crippen molar-refractivity contribution in [2.75, 3.05) is 11.9 Å². The molecule has 23 heavy (non-hydrogen) atoms. The van der Waals surface area contributed by atoms with Crippen molar-refractivity contribution >= 4 is 11.9 Å². The summed E-state index contributed by atoms with van der Waals surface area (Å²) in [5.41, 5.74) is 2.20. The third-order valence-corrected chi connectivity index (χ3v) is 3.64. The molecule has 1 atom stereocenters. The normalized spacial score (nSPS) is 16.0. The minimum absolute atomic E-state index is 0.0297. The Morgan fingerprint density at radius 1 is 1.39 bits per heavy atom. The fourth-order valence-corrected chi connectivity index (χ4v) is 2.59. The average Bonchev–Trinajstić information content (AvgIpc) is 2.97. The number of nitrogens with zero attached hydrogens (tertiary/aromatic N) is 3. The highest BCUT2D eigenvalue weighted by Crippen LogP contribution is 2.29. The number of rotatable bonds is 3. The zero-order chi connectivity index (χ0) is 16.2. The van der Waals surface area contributed by atoms with Crippen LogP contribution in [0.1, 0.15) is 35.0 Å². The van der Waals surface area contributed by atoms with Gasteiger partial charge in [-0.1, -0.05) is 24.3 Å². The van der Waals surface area contributed by atoms with Crippen LogP contribution in [-0.4, -0.2) is 22.5 Å². The van der Waals surface area contributed by atoms with Crippen molar-refractivity contribution in [1.82, 2.24) is 9.97 Å². The van der Waals surface area contributed by atoms with E-state index in [1.165, 1.54) is 5.56 Å². The van der Waals surface area contributed by atoms with E-state index in [9.17, 15) is 4.79 Å². The van der Waals surface area contributed by atoms with Crippen LogP contribution in [0.3, 0.4) is 0 Å². The molecule has 7 heteroatoms. The lowest BCUT2D eigenvalue weighted by Gasteiger charge is -2.25. The maximum atomic E-state index is 12.2. The van der Waals surface area contributed by atoms with Gasteiger partial charge in [0, 0.05) is 0 Å². The molecule has 0 aliphatic carbocycles. The standard InChI is InChI=1S/C16H13N5O2/c17-8-12-13(9-18)20-16(19-12)21-15(22)7-14-11-4-2-1-3-10(11)5-6-23-14/h1-4,14H,5-7H2,(H2,19,20,21,22)/t14-/m1/s1. The number of fused-ring (bicyclic) bond motifs is 1. The molecule has 0 spiro atoms. The van der Waals surface area contributed by atoms with Crippen molar-refractivity contribution in [3.8, 4) is 12.1 Å². The van der Waals surface area contributed by atoms with E-state index >= 15 is 0 Å². The van der Waals surface area contributed by atoms with E-state index in [1.807, 2.05) is 30.3 Å². The molecule has 1 aromatic heterocycles. The van der Waals surface area contributed by atoms with Gasteiger partial charge in [-0.25, -0.2) is 4.98 Å². The highest BCUT2D eigenvalue weighted by Gasteiger charge is 2.23. The number of imidazole rings is 1. The van der Waals surface area contributed by atoms with Crippen molar-refractivity contribution in [3.63, 3.8) is 0 Å². The number of carbonyl (C=O) groups is 1. The molecule has 7 nitrogen and oxygen atoms in total. The molecular formula is C16H13N5O2. The van der Waals surface area contributed by atoms with Gasteiger partial charge >= 0.3 is 0 Å². The first-order chi connectivity index (χ1) is 11.2. The van der Waals surface area contributed by atoms with E-state index in [4.69, 9.17) is 15.3 Å². The topological polar surface area (TPSA) is 115 Å². The largest absolute Gasteiger partial charge is 0.373 e. The summed E-state index contributed by atoms with van der Waals surface area (Å²) in [6, 6.07) is 11.5. The highest BCUT2D eigenvalue weighted by atomic mass is 16.5. The third-order valence-electron chi connectivity index (χ3n) is 3.64. The quantitative estimate of drug-likeness (QED) is 0.897. The highest BCUT2D eigenvalue weighted by molar-refractivity contribution is 5.89. The number of nitrogens with one attached hydrogen (secondary N) is 2. The maximum Gasteiger partial charge on any atom is 0.229 e. The zero-order valence-corrected chi connectivity index (χ0v) is 12.2. The van der Waals surface area contributed by atoms with E-state index in [-0.39, 0.29) is 35.8 Å². The minimum atomic E-state index is -0.305. The second kappa shape index (κ2) is 6.30. The van der Waals surface area contributed by atoms with E-state index in [2.05, 4.69) is 15.3 Å². The van der Waals surface area contributed by atoms with E-state index < -0.39 is 0 Å². The van der Waals surface area contributed by atoms with Gasteiger partial charge in [-0.05, 0) is 17.5 Å². The van der Waals surface area contributed by atoms with Crippen LogP contribution >= 0.6 is 0 Å². The monoisotopic (exact) mass is 307 g/mol. The Hall–Kier alpha value is -3.16. The van der Waals surface area contributed by atoms with Crippen molar-refractivity contribution in [3.05, 3.63) is 46.8 Å². The fraction of sp³-hybridized carbons (Fsp3) is 0.250. The summed E-state index contributed by atoms with van der Waals surface area (Å²) >= 11 is 0. The predicted octanol–water partition coefficient (Wildman–Crippen LogP) is 1.80. The summed E-state index contributed by atoms with van der Waals surface area (Å²) in [5.74, 6) is -0.207. The SMILES string of the molecule is N#Cc1nc(NC(=O)C[C@H]2OCCc3ccccc32)[nH]c1C#N. The number of ether oxygens (including phenoxy) is 1. The zero-order valence-electron chi connectivity index (χ0n) is 12.2. The van der Waals surface area contributed by atoms with Crippen molar-refractivity contribution in [2.45, 2.75) is 18.9 Å². The Bertz CT molecular complexity index is 796. The van der Waals surface area contributed by atoms with Gasteiger partial charge in [-0.15, -0.1) is 0 Å². The molecule has 3 rings (SSSR count). The molecule has 2 heterocycles. The third kappa shape index (κ3) is 3.05. The first kappa shape index (κ1) is 14.8. The summed E-state index contributed by atoms with van der Waals surface area (Å²) in [7, 11) is 0. The summed E-state index contributed by atoms with van der Waals surface area (Å²) < 4.78 is 5.69. The van der Waals surface area contributed by atoms with Crippen LogP contribution in [0, 0.1) is 22.7 Å². The number of aromatic nitrogens is 2. The Labute approximate surface area is 132 Å². The van der Waals surface area contributed by atoms with Gasteiger partial charge in [0.2, 0.25) is 11.9 Å². The number of amides is 1. The van der Waals surface area contributed by atoms with Gasteiger partial charge in [0.05, 0.1) is 19.1 Å². The summed E-state index contributed by atoms with van der Waals surface area (Å²) in [4.78, 5) is 18.6. The number of anilines is 1. The molecule has 1 aromatic carbocycles. The Kier molecular flexibility index (Phi) is 4.05. The predicted molar refractivity (Wildman–Crippen MR) is 80.1 cm³/mol. The lowest BCUT2D eigenvalue weighted by Crippen LogP contribution is -2.22. The summed E-state index contributed by atoms with van der Waals surface area (Å²) in [6.45, 7) is 0.576. The molecule has 1 aliphatic rings. The van der Waals surface area contributed by atoms with Crippen LogP contribution in [-0.2, 0) is 16.0 Å². The number of H-pyrrole nitrogens is 1. The Morgan fingerprint density at radius 2 is 2.22 bits per heavy atom. The molecule has 0 saturated heterocycles. The first-order valence-corrected chi connectivity index (χ1v) is 7.10. The lowest BCUT2D eigenvalue weighted by atomic mass is 9.96. The molecule has 2 N–H and O–H groups in total. The van der Waals surface area contributed by atoms with Gasteiger partial charge in [0.25, 0.3) is 0 Å². The molecule has 1 aliphatic heterocycles. The van der Waals surface area contributed by atoms with Crippen molar-refractivity contribution < 1.29 is 9.53 Å². The van der Waals surface area contributed by atoms with Gasteiger partial charge in [0.15, 0.2) is 11.4 Å². The Balaban J connectivity index is 1.70. The molecule has 2 aromatic rings. The molecule has 0 bridgehead atoms. The average molecular weight is 307 g/mol. The lowest BCUT2D eigenvalue weighted by molar-refractivity contribution is -0.119. The number of hydrogen-bond acceptors (Lipinski definition) is 5. The second-order valence-corrected chi connectivity index (χ2v) is 5.09. The second-order valence-electron chi connectivity index (χ2n) is 5.09. The van der Waals surface area contributed by atoms with Crippen LogP contribution in [0.25, 0.3) is 0 Å². The van der Waals surface area contributed by atoms with E-state index in [1.54, 1.807) is 6.07 Å². The van der Waals surface area contributed by atoms with Crippen molar-refractivity contribution in [1.29, 1.82) is 10.5 Å². The summed E-state index contributed by atoms with van der Waals surface area (Å²) in [6.07, 6.45) is 0.672. The van der Waals surface area contributed by atoms with E-state index in [0.717, 1.165) is 12.0 Å². The van der Waals surface area contributed by atoms with Gasteiger partial charge < -0.3 is 9.72 Å². The van der Waals surface area contributed by atoms with Gasteiger partial charge in [-0.3, -0.25) is 10.1 Å². The van der Waals surface area contributed by atoms with Crippen LogP contribution in [0.4, 0.5) is 5.95 Å². The molecule has 114 valence electrons. The van der Waals surface area contributed by atoms with Gasteiger partial charge in [-0.2, -0.15) is 10.5 Å². The first-order valence-electron chi connectivity index (χ1n) is 7.10. The molecular weight excluding hydrogens is 294 g/mol. The molecule has 0 radical (unpaired) electrons. The van der Waals surface area contributed by atoms with Crippen LogP contribution in [0.2, 0.25) is 0 Å². The molecule has 0 unspecified atom stereocenters. The number of benzene rings is 1. The minimum Gasteiger partial charge on any atom is -0.373 e. The van der Waals surface area contributed by atoms with Crippen LogP contribution in [0.5, 0.6) is 0 Å². The Morgan fingerprint density at radius 3 is 2.96 bits per heavy atom. The van der Waals surface area contributed by atoms with Crippen molar-refractivity contribution in [2.24, 2.45) is 0 Å². The van der Waals surface area contributed by atoms with Crippen LogP contribution < -0.4 is 5.32 Å². The van der Waals surface area contributed by atoms with Crippen LogP contribution in [0.15, 0.2) is 24.3 Å². The molecule has 1 amide bonds. The maximum absolute atomic E-state index is 12.2. The smallest absolute Gasteiger partial charge is 0.229 e. The number of aromatic amines is 1. The summed E-state index contributed by atoms with van der Waals surface area (Å²) in [5, 5.41) is 20.3. The molecule has 0 saturated carbocycles. The number of nitriles is 2. The fourth-order valence-electron chi connectivity index (χ4n) is 2.59. The number of hydrogen-bond donors (Lipinski definition) is 2. The number of carbonyl (C=O) groups excluding carboxylic acids is 1.